The second-order valence-corrected chi connectivity index (χ2v) is 5.40. The molecule has 0 spiro atoms. The molecule has 0 bridgehead atoms. The van der Waals surface area contributed by atoms with Crippen LogP contribution in [-0.2, 0) is 6.42 Å². The zero-order chi connectivity index (χ0) is 11.2. The van der Waals surface area contributed by atoms with Gasteiger partial charge in [0.2, 0.25) is 0 Å². The van der Waals surface area contributed by atoms with E-state index in [0.717, 1.165) is 5.92 Å². The van der Waals surface area contributed by atoms with Crippen LogP contribution in [-0.4, -0.2) is 0 Å². The van der Waals surface area contributed by atoms with Crippen molar-refractivity contribution in [2.24, 2.45) is 17.8 Å². The molecule has 0 nitrogen and oxygen atoms in total. The predicted molar refractivity (Wildman–Crippen MR) is 70.8 cm³/mol. The molecule has 1 aromatic carbocycles. The highest BCUT2D eigenvalue weighted by Crippen LogP contribution is 2.49. The number of fused-ring (bicyclic) bond motifs is 5. The van der Waals surface area contributed by atoms with Crippen molar-refractivity contribution >= 4 is 0 Å². The standard InChI is InChI=1S/C17H16/c1-3-7-14-12(5-1)9-10-16-15-8-4-2-6-13(15)11-17(14)16/h1-10,12,14,16-17H,11H2. The minimum Gasteiger partial charge on any atom is -0.0804 e. The lowest BCUT2D eigenvalue weighted by atomic mass is 9.69. The van der Waals surface area contributed by atoms with Crippen LogP contribution in [0.4, 0.5) is 0 Å². The summed E-state index contributed by atoms with van der Waals surface area (Å²) in [6.07, 6.45) is 15.3. The van der Waals surface area contributed by atoms with Crippen LogP contribution < -0.4 is 0 Å². The Morgan fingerprint density at radius 3 is 2.76 bits per heavy atom. The first-order valence-corrected chi connectivity index (χ1v) is 6.54. The van der Waals surface area contributed by atoms with Crippen molar-refractivity contribution in [2.75, 3.05) is 0 Å². The lowest BCUT2D eigenvalue weighted by molar-refractivity contribution is 0.323. The molecule has 0 amide bonds. The van der Waals surface area contributed by atoms with Crippen molar-refractivity contribution in [3.05, 3.63) is 71.8 Å². The number of benzene rings is 1. The van der Waals surface area contributed by atoms with Gasteiger partial charge in [0.25, 0.3) is 0 Å². The van der Waals surface area contributed by atoms with Crippen LogP contribution in [0, 0.1) is 17.8 Å². The second-order valence-electron chi connectivity index (χ2n) is 5.40. The van der Waals surface area contributed by atoms with Gasteiger partial charge in [0.15, 0.2) is 0 Å². The molecule has 4 atom stereocenters. The zero-order valence-electron chi connectivity index (χ0n) is 9.79. The van der Waals surface area contributed by atoms with E-state index in [0.29, 0.717) is 17.8 Å². The molecule has 17 heavy (non-hydrogen) atoms. The van der Waals surface area contributed by atoms with Crippen molar-refractivity contribution in [1.82, 2.24) is 0 Å². The predicted octanol–water partition coefficient (Wildman–Crippen LogP) is 3.87. The normalized spacial score (nSPS) is 36.5. The molecule has 84 valence electrons. The van der Waals surface area contributed by atoms with Gasteiger partial charge in [0, 0.05) is 11.8 Å². The van der Waals surface area contributed by atoms with Crippen LogP contribution in [0.3, 0.4) is 0 Å². The minimum absolute atomic E-state index is 0.635. The molecule has 0 heterocycles. The molecule has 0 radical (unpaired) electrons. The first-order valence-electron chi connectivity index (χ1n) is 6.54. The fourth-order valence-electron chi connectivity index (χ4n) is 3.79. The molecule has 3 aliphatic rings. The van der Waals surface area contributed by atoms with E-state index in [2.05, 4.69) is 60.7 Å². The lowest BCUT2D eigenvalue weighted by Gasteiger charge is -2.34. The van der Waals surface area contributed by atoms with Gasteiger partial charge in [-0.15, -0.1) is 0 Å². The van der Waals surface area contributed by atoms with E-state index in [-0.39, 0.29) is 0 Å². The summed E-state index contributed by atoms with van der Waals surface area (Å²) in [6.45, 7) is 0. The van der Waals surface area contributed by atoms with Crippen molar-refractivity contribution < 1.29 is 0 Å². The first-order chi connectivity index (χ1) is 8.43. The summed E-state index contributed by atoms with van der Waals surface area (Å²) < 4.78 is 0. The number of hydrogen-bond acceptors (Lipinski definition) is 0. The number of allylic oxidation sites excluding steroid dienone is 6. The summed E-state index contributed by atoms with van der Waals surface area (Å²) in [4.78, 5) is 0. The van der Waals surface area contributed by atoms with Gasteiger partial charge >= 0.3 is 0 Å². The number of rotatable bonds is 0. The monoisotopic (exact) mass is 220 g/mol. The molecule has 3 aliphatic carbocycles. The van der Waals surface area contributed by atoms with E-state index in [1.807, 2.05) is 0 Å². The molecule has 1 aromatic rings. The fourth-order valence-corrected chi connectivity index (χ4v) is 3.79. The van der Waals surface area contributed by atoms with Crippen molar-refractivity contribution in [3.8, 4) is 0 Å². The smallest absolute Gasteiger partial charge is 0.00583 e. The Morgan fingerprint density at radius 2 is 1.76 bits per heavy atom. The summed E-state index contributed by atoms with van der Waals surface area (Å²) in [5.74, 6) is 2.78. The van der Waals surface area contributed by atoms with Crippen LogP contribution in [0.1, 0.15) is 17.0 Å². The fraction of sp³-hybridized carbons (Fsp3) is 0.294. The Kier molecular flexibility index (Phi) is 1.93. The first kappa shape index (κ1) is 9.47. The zero-order valence-corrected chi connectivity index (χ0v) is 9.79. The molecule has 4 rings (SSSR count). The minimum atomic E-state index is 0.635. The van der Waals surface area contributed by atoms with Gasteiger partial charge in [-0.05, 0) is 29.4 Å². The van der Waals surface area contributed by atoms with E-state index in [1.165, 1.54) is 6.42 Å². The van der Waals surface area contributed by atoms with E-state index in [9.17, 15) is 0 Å². The maximum absolute atomic E-state index is 2.45. The third kappa shape index (κ3) is 1.30. The Labute approximate surface area is 102 Å². The summed E-state index contributed by atoms with van der Waals surface area (Å²) in [5.41, 5.74) is 3.13. The highest BCUT2D eigenvalue weighted by atomic mass is 14.4. The van der Waals surface area contributed by atoms with Gasteiger partial charge < -0.3 is 0 Å². The molecule has 0 aromatic heterocycles. The van der Waals surface area contributed by atoms with Gasteiger partial charge in [0.1, 0.15) is 0 Å². The van der Waals surface area contributed by atoms with Crippen molar-refractivity contribution in [3.63, 3.8) is 0 Å². The van der Waals surface area contributed by atoms with Crippen molar-refractivity contribution in [2.45, 2.75) is 12.3 Å². The summed E-state index contributed by atoms with van der Waals surface area (Å²) in [5, 5.41) is 0. The highest BCUT2D eigenvalue weighted by molar-refractivity contribution is 5.42. The van der Waals surface area contributed by atoms with Gasteiger partial charge in [-0.25, -0.2) is 0 Å². The van der Waals surface area contributed by atoms with Gasteiger partial charge in [-0.3, -0.25) is 0 Å². The Bertz CT molecular complexity index is 533. The van der Waals surface area contributed by atoms with Crippen molar-refractivity contribution in [1.29, 1.82) is 0 Å². The Balaban J connectivity index is 1.80. The third-order valence-corrected chi connectivity index (χ3v) is 4.59. The molecule has 4 unspecified atom stereocenters. The van der Waals surface area contributed by atoms with Gasteiger partial charge in [-0.2, -0.15) is 0 Å². The van der Waals surface area contributed by atoms with Crippen LogP contribution in [0.25, 0.3) is 0 Å². The van der Waals surface area contributed by atoms with E-state index < -0.39 is 0 Å². The average Bonchev–Trinajstić information content (AvgIpc) is 2.78. The molecule has 0 fully saturated rings. The molecule has 0 N–H and O–H groups in total. The van der Waals surface area contributed by atoms with E-state index in [1.54, 1.807) is 11.1 Å². The van der Waals surface area contributed by atoms with E-state index in [4.69, 9.17) is 0 Å². The van der Waals surface area contributed by atoms with Gasteiger partial charge in [-0.1, -0.05) is 60.7 Å². The maximum Gasteiger partial charge on any atom is 0.00583 e. The van der Waals surface area contributed by atoms with Crippen LogP contribution in [0.2, 0.25) is 0 Å². The molecule has 0 saturated heterocycles. The summed E-state index contributed by atoms with van der Waals surface area (Å²) in [7, 11) is 0. The molecule has 0 aliphatic heterocycles. The Morgan fingerprint density at radius 1 is 0.882 bits per heavy atom. The largest absolute Gasteiger partial charge is 0.0804 e. The molecular weight excluding hydrogens is 204 g/mol. The van der Waals surface area contributed by atoms with E-state index >= 15 is 0 Å². The van der Waals surface area contributed by atoms with Crippen LogP contribution >= 0.6 is 0 Å². The number of hydrogen-bond donors (Lipinski definition) is 0. The Hall–Kier alpha value is -1.56. The second kappa shape index (κ2) is 3.46. The topological polar surface area (TPSA) is 0 Å². The van der Waals surface area contributed by atoms with Crippen LogP contribution in [0.5, 0.6) is 0 Å². The lowest BCUT2D eigenvalue weighted by Crippen LogP contribution is -2.27. The average molecular weight is 220 g/mol. The van der Waals surface area contributed by atoms with Gasteiger partial charge in [0.05, 0.1) is 0 Å². The highest BCUT2D eigenvalue weighted by Gasteiger charge is 2.39. The molecule has 0 heteroatoms. The summed E-state index contributed by atoms with van der Waals surface area (Å²) in [6, 6.07) is 8.97. The summed E-state index contributed by atoms with van der Waals surface area (Å²) >= 11 is 0. The molecular formula is C17H16. The maximum atomic E-state index is 2.45. The molecule has 0 saturated carbocycles. The quantitative estimate of drug-likeness (QED) is 0.582. The van der Waals surface area contributed by atoms with Crippen LogP contribution in [0.15, 0.2) is 60.7 Å². The SMILES string of the molecule is C1=CC2C=CC3c4ccccc4CC3C2C=C1. The third-order valence-electron chi connectivity index (χ3n) is 4.59.